The van der Waals surface area contributed by atoms with Crippen LogP contribution in [0, 0.1) is 5.41 Å². The highest BCUT2D eigenvalue weighted by molar-refractivity contribution is 6.42. The van der Waals surface area contributed by atoms with Gasteiger partial charge in [0, 0.05) is 0 Å². The summed E-state index contributed by atoms with van der Waals surface area (Å²) in [7, 11) is 1.58. The van der Waals surface area contributed by atoms with E-state index in [0.29, 0.717) is 32.8 Å². The Morgan fingerprint density at radius 2 is 1.74 bits per heavy atom. The van der Waals surface area contributed by atoms with Crippen LogP contribution >= 0.6 is 23.2 Å². The average Bonchev–Trinajstić information content (AvgIpc) is 3.13. The van der Waals surface area contributed by atoms with Crippen molar-refractivity contribution in [2.45, 2.75) is 19.2 Å². The fourth-order valence-corrected chi connectivity index (χ4v) is 4.10. The van der Waals surface area contributed by atoms with Crippen molar-refractivity contribution < 1.29 is 9.84 Å². The molecule has 4 rings (SSSR count). The summed E-state index contributed by atoms with van der Waals surface area (Å²) in [4.78, 5) is 4.46. The van der Waals surface area contributed by atoms with Crippen LogP contribution < -0.4 is 16.2 Å². The van der Waals surface area contributed by atoms with E-state index in [0.717, 1.165) is 11.0 Å². The van der Waals surface area contributed by atoms with Crippen LogP contribution in [0.4, 0.5) is 5.69 Å². The maximum Gasteiger partial charge on any atom is 0.203 e. The SMILES string of the molecule is COc1ccccc1N=C/C(Cn1c(=N)n(CC(O)c2ccc(Cl)c(Cl)c2)c2ccccc21)=N\N. The second-order valence-electron chi connectivity index (χ2n) is 7.75. The Labute approximate surface area is 212 Å². The number of benzene rings is 3. The Morgan fingerprint density at radius 3 is 2.43 bits per heavy atom. The first kappa shape index (κ1) is 24.5. The first-order chi connectivity index (χ1) is 16.9. The lowest BCUT2D eigenvalue weighted by atomic mass is 10.1. The van der Waals surface area contributed by atoms with Gasteiger partial charge in [0.25, 0.3) is 0 Å². The summed E-state index contributed by atoms with van der Waals surface area (Å²) in [6.07, 6.45) is 0.661. The van der Waals surface area contributed by atoms with Crippen molar-refractivity contribution in [3.63, 3.8) is 0 Å². The van der Waals surface area contributed by atoms with E-state index >= 15 is 0 Å². The highest BCUT2D eigenvalue weighted by atomic mass is 35.5. The molecule has 0 aliphatic rings. The van der Waals surface area contributed by atoms with Gasteiger partial charge in [-0.05, 0) is 42.0 Å². The fraction of sp³-hybridized carbons (Fsp3) is 0.160. The molecule has 1 aromatic heterocycles. The number of ether oxygens (including phenoxy) is 1. The fourth-order valence-electron chi connectivity index (χ4n) is 3.79. The molecule has 4 N–H and O–H groups in total. The summed E-state index contributed by atoms with van der Waals surface area (Å²) in [5.41, 5.74) is 3.47. The molecule has 0 radical (unpaired) electrons. The minimum atomic E-state index is -0.895. The number of rotatable bonds is 8. The average molecular weight is 511 g/mol. The molecule has 10 heteroatoms. The quantitative estimate of drug-likeness (QED) is 0.181. The number of nitrogens with one attached hydrogen (secondary N) is 1. The summed E-state index contributed by atoms with van der Waals surface area (Å²) in [6, 6.07) is 19.9. The molecule has 0 aliphatic heterocycles. The third-order valence-electron chi connectivity index (χ3n) is 5.58. The molecular weight excluding hydrogens is 487 g/mol. The number of fused-ring (bicyclic) bond motifs is 1. The Morgan fingerprint density at radius 1 is 1.06 bits per heavy atom. The zero-order chi connectivity index (χ0) is 24.9. The maximum absolute atomic E-state index is 10.9. The van der Waals surface area contributed by atoms with E-state index in [9.17, 15) is 5.11 Å². The number of aromatic nitrogens is 2. The van der Waals surface area contributed by atoms with Crippen molar-refractivity contribution in [1.29, 1.82) is 5.41 Å². The van der Waals surface area contributed by atoms with E-state index in [1.807, 2.05) is 48.5 Å². The molecule has 0 bridgehead atoms. The minimum Gasteiger partial charge on any atom is -0.494 e. The monoisotopic (exact) mass is 510 g/mol. The largest absolute Gasteiger partial charge is 0.494 e. The van der Waals surface area contributed by atoms with Gasteiger partial charge in [0.2, 0.25) is 5.62 Å². The van der Waals surface area contributed by atoms with E-state index in [-0.39, 0.29) is 18.7 Å². The molecule has 0 aliphatic carbocycles. The molecule has 3 aromatic carbocycles. The number of aliphatic imine (C=N–C) groups is 1. The van der Waals surface area contributed by atoms with Gasteiger partial charge >= 0.3 is 0 Å². The van der Waals surface area contributed by atoms with Crippen LogP contribution in [0.3, 0.4) is 0 Å². The molecule has 4 aromatic rings. The maximum atomic E-state index is 10.9. The predicted molar refractivity (Wildman–Crippen MR) is 140 cm³/mol. The molecule has 0 saturated heterocycles. The van der Waals surface area contributed by atoms with Gasteiger partial charge in [-0.1, -0.05) is 53.5 Å². The van der Waals surface area contributed by atoms with Gasteiger partial charge in [0.1, 0.15) is 11.4 Å². The number of aliphatic hydroxyl groups excluding tert-OH is 1. The number of hydrazone groups is 1. The van der Waals surface area contributed by atoms with E-state index < -0.39 is 6.10 Å². The van der Waals surface area contributed by atoms with E-state index in [4.69, 9.17) is 39.2 Å². The summed E-state index contributed by atoms with van der Waals surface area (Å²) >= 11 is 12.1. The number of halogens is 2. The van der Waals surface area contributed by atoms with E-state index in [1.165, 1.54) is 0 Å². The van der Waals surface area contributed by atoms with Gasteiger partial charge in [-0.25, -0.2) is 0 Å². The van der Waals surface area contributed by atoms with Crippen molar-refractivity contribution in [1.82, 2.24) is 9.13 Å². The molecule has 0 amide bonds. The van der Waals surface area contributed by atoms with Gasteiger partial charge in [0.15, 0.2) is 0 Å². The highest BCUT2D eigenvalue weighted by Crippen LogP contribution is 2.27. The van der Waals surface area contributed by atoms with Gasteiger partial charge in [-0.2, -0.15) is 5.10 Å². The Kier molecular flexibility index (Phi) is 7.55. The molecular formula is C25H24Cl2N6O2. The van der Waals surface area contributed by atoms with E-state index in [1.54, 1.807) is 40.7 Å². The predicted octanol–water partition coefficient (Wildman–Crippen LogP) is 4.69. The van der Waals surface area contributed by atoms with Crippen LogP contribution in [0.25, 0.3) is 11.0 Å². The highest BCUT2D eigenvalue weighted by Gasteiger charge is 2.17. The molecule has 0 fully saturated rings. The number of aliphatic hydroxyl groups is 1. The normalized spacial score (nSPS) is 13.0. The second kappa shape index (κ2) is 10.8. The number of hydrogen-bond acceptors (Lipinski definition) is 6. The molecule has 180 valence electrons. The molecule has 0 spiro atoms. The van der Waals surface area contributed by atoms with Crippen LogP contribution in [0.5, 0.6) is 5.75 Å². The first-order valence-electron chi connectivity index (χ1n) is 10.7. The standard InChI is InChI=1S/C25H24Cl2N6O2/c1-35-24-9-5-2-6-20(24)30-13-17(31-29)14-32-21-7-3-4-8-22(21)33(25(32)28)15-23(34)16-10-11-18(26)19(27)12-16/h2-13,23,28,34H,14-15,29H2,1H3/b28-25?,30-13?,31-17+. The number of nitrogens with two attached hydrogens (primary N) is 1. The van der Waals surface area contributed by atoms with Gasteiger partial charge in [-0.3, -0.25) is 10.4 Å². The van der Waals surface area contributed by atoms with Crippen molar-refractivity contribution in [2.24, 2.45) is 15.9 Å². The summed E-state index contributed by atoms with van der Waals surface area (Å²) in [5.74, 6) is 6.29. The van der Waals surface area contributed by atoms with Crippen molar-refractivity contribution >= 4 is 51.8 Å². The van der Waals surface area contributed by atoms with Crippen molar-refractivity contribution in [3.8, 4) is 5.75 Å². The smallest absolute Gasteiger partial charge is 0.203 e. The topological polar surface area (TPSA) is 114 Å². The lowest BCUT2D eigenvalue weighted by Gasteiger charge is -2.13. The number of imidazole rings is 1. The van der Waals surface area contributed by atoms with Crippen LogP contribution in [0.15, 0.2) is 76.8 Å². The number of nitrogens with zero attached hydrogens (tertiary/aromatic N) is 4. The molecule has 0 saturated carbocycles. The minimum absolute atomic E-state index is 0.148. The van der Waals surface area contributed by atoms with Crippen LogP contribution in [0.1, 0.15) is 11.7 Å². The first-order valence-corrected chi connectivity index (χ1v) is 11.5. The van der Waals surface area contributed by atoms with Crippen molar-refractivity contribution in [3.05, 3.63) is 88.0 Å². The molecule has 35 heavy (non-hydrogen) atoms. The van der Waals surface area contributed by atoms with Gasteiger partial charge < -0.3 is 24.8 Å². The van der Waals surface area contributed by atoms with E-state index in [2.05, 4.69) is 10.1 Å². The number of methoxy groups -OCH3 is 1. The molecule has 1 atom stereocenters. The zero-order valence-electron chi connectivity index (χ0n) is 18.9. The molecule has 8 nitrogen and oxygen atoms in total. The summed E-state index contributed by atoms with van der Waals surface area (Å²) in [6.45, 7) is 0.360. The number of hydrogen-bond donors (Lipinski definition) is 3. The third-order valence-corrected chi connectivity index (χ3v) is 6.32. The Hall–Kier alpha value is -3.59. The van der Waals surface area contributed by atoms with Crippen LogP contribution in [-0.4, -0.2) is 33.3 Å². The molecule has 1 unspecified atom stereocenters. The summed E-state index contributed by atoms with van der Waals surface area (Å²) in [5, 5.41) is 24.4. The van der Waals surface area contributed by atoms with Crippen LogP contribution in [0.2, 0.25) is 10.0 Å². The molecule has 1 heterocycles. The number of para-hydroxylation sites is 4. The second-order valence-corrected chi connectivity index (χ2v) is 8.56. The Bertz CT molecular complexity index is 1470. The zero-order valence-corrected chi connectivity index (χ0v) is 20.4. The van der Waals surface area contributed by atoms with Gasteiger partial charge in [-0.15, -0.1) is 0 Å². The van der Waals surface area contributed by atoms with Crippen LogP contribution in [-0.2, 0) is 13.1 Å². The lowest BCUT2D eigenvalue weighted by molar-refractivity contribution is 0.156. The lowest BCUT2D eigenvalue weighted by Crippen LogP contribution is -2.29. The van der Waals surface area contributed by atoms with Crippen molar-refractivity contribution in [2.75, 3.05) is 7.11 Å². The van der Waals surface area contributed by atoms with Gasteiger partial charge in [0.05, 0.1) is 59.3 Å². The third kappa shape index (κ3) is 5.24. The summed E-state index contributed by atoms with van der Waals surface area (Å²) < 4.78 is 8.83. The Balaban J connectivity index is 1.66.